The third kappa shape index (κ3) is 3.76. The van der Waals surface area contributed by atoms with Crippen molar-refractivity contribution in [3.8, 4) is 0 Å². The molecule has 0 amide bonds. The molecule has 0 aromatic heterocycles. The highest BCUT2D eigenvalue weighted by molar-refractivity contribution is 4.83. The van der Waals surface area contributed by atoms with Gasteiger partial charge in [-0.3, -0.25) is 0 Å². The molecule has 0 bridgehead atoms. The smallest absolute Gasteiger partial charge is 0.0212 e. The van der Waals surface area contributed by atoms with Crippen LogP contribution in [-0.2, 0) is 0 Å². The molecule has 15 heavy (non-hydrogen) atoms. The van der Waals surface area contributed by atoms with Crippen LogP contribution in [0.3, 0.4) is 0 Å². The molecule has 1 fully saturated rings. The summed E-state index contributed by atoms with van der Waals surface area (Å²) in [4.78, 5) is 2.34. The largest absolute Gasteiger partial charge is 0.312 e. The van der Waals surface area contributed by atoms with Crippen molar-refractivity contribution in [3.63, 3.8) is 0 Å². The van der Waals surface area contributed by atoms with Crippen molar-refractivity contribution in [3.05, 3.63) is 0 Å². The molecule has 0 aromatic rings. The van der Waals surface area contributed by atoms with Crippen LogP contribution in [0.1, 0.15) is 46.0 Å². The van der Waals surface area contributed by atoms with Gasteiger partial charge in [0.1, 0.15) is 0 Å². The molecule has 0 saturated heterocycles. The zero-order valence-electron chi connectivity index (χ0n) is 10.9. The Kier molecular flexibility index (Phi) is 5.62. The SMILES string of the molecule is CCC1CCCC1NCC(CC)N(C)C. The van der Waals surface area contributed by atoms with E-state index in [9.17, 15) is 0 Å². The lowest BCUT2D eigenvalue weighted by atomic mass is 10.0. The summed E-state index contributed by atoms with van der Waals surface area (Å²) in [5.74, 6) is 0.935. The maximum Gasteiger partial charge on any atom is 0.0212 e. The lowest BCUT2D eigenvalue weighted by Gasteiger charge is -2.27. The van der Waals surface area contributed by atoms with Crippen molar-refractivity contribution in [1.29, 1.82) is 0 Å². The summed E-state index contributed by atoms with van der Waals surface area (Å²) in [5.41, 5.74) is 0. The van der Waals surface area contributed by atoms with Crippen LogP contribution < -0.4 is 5.32 Å². The number of nitrogens with zero attached hydrogens (tertiary/aromatic N) is 1. The highest BCUT2D eigenvalue weighted by Crippen LogP contribution is 2.27. The van der Waals surface area contributed by atoms with E-state index < -0.39 is 0 Å². The molecule has 1 rings (SSSR count). The number of likely N-dealkylation sites (N-methyl/N-ethyl adjacent to an activating group) is 1. The van der Waals surface area contributed by atoms with Crippen LogP contribution in [0.5, 0.6) is 0 Å². The summed E-state index contributed by atoms with van der Waals surface area (Å²) in [7, 11) is 4.36. The average molecular weight is 212 g/mol. The predicted octanol–water partition coefficient (Wildman–Crippen LogP) is 2.49. The first kappa shape index (κ1) is 13.0. The summed E-state index contributed by atoms with van der Waals surface area (Å²) in [6.07, 6.45) is 6.84. The van der Waals surface area contributed by atoms with E-state index in [1.807, 2.05) is 0 Å². The topological polar surface area (TPSA) is 15.3 Å². The molecule has 1 saturated carbocycles. The Morgan fingerprint density at radius 2 is 2.00 bits per heavy atom. The molecule has 3 atom stereocenters. The predicted molar refractivity (Wildman–Crippen MR) is 67.2 cm³/mol. The molecule has 0 heterocycles. The van der Waals surface area contributed by atoms with E-state index in [2.05, 4.69) is 38.2 Å². The fourth-order valence-electron chi connectivity index (χ4n) is 2.77. The standard InChI is InChI=1S/C13H28N2/c1-5-11-8-7-9-13(11)14-10-12(6-2)15(3)4/h11-14H,5-10H2,1-4H3. The highest BCUT2D eigenvalue weighted by atomic mass is 15.1. The fourth-order valence-corrected chi connectivity index (χ4v) is 2.77. The van der Waals surface area contributed by atoms with Gasteiger partial charge in [0.25, 0.3) is 0 Å². The Morgan fingerprint density at radius 1 is 1.27 bits per heavy atom. The van der Waals surface area contributed by atoms with E-state index in [4.69, 9.17) is 0 Å². The van der Waals surface area contributed by atoms with Crippen molar-refractivity contribution in [2.24, 2.45) is 5.92 Å². The lowest BCUT2D eigenvalue weighted by molar-refractivity contribution is 0.257. The zero-order valence-corrected chi connectivity index (χ0v) is 10.9. The van der Waals surface area contributed by atoms with Crippen LogP contribution in [0.4, 0.5) is 0 Å². The van der Waals surface area contributed by atoms with Gasteiger partial charge in [0.15, 0.2) is 0 Å². The minimum absolute atomic E-state index is 0.697. The Bertz CT molecular complexity index is 168. The van der Waals surface area contributed by atoms with Gasteiger partial charge in [-0.05, 0) is 39.3 Å². The van der Waals surface area contributed by atoms with Gasteiger partial charge in [-0.15, -0.1) is 0 Å². The average Bonchev–Trinajstić information content (AvgIpc) is 2.65. The molecule has 0 aromatic carbocycles. The summed E-state index contributed by atoms with van der Waals surface area (Å²) in [5, 5.41) is 3.77. The van der Waals surface area contributed by atoms with Gasteiger partial charge in [0.05, 0.1) is 0 Å². The zero-order chi connectivity index (χ0) is 11.3. The van der Waals surface area contributed by atoms with Crippen molar-refractivity contribution in [2.45, 2.75) is 58.0 Å². The van der Waals surface area contributed by atoms with Gasteiger partial charge in [-0.25, -0.2) is 0 Å². The second-order valence-electron chi connectivity index (χ2n) is 5.14. The first-order valence-corrected chi connectivity index (χ1v) is 6.58. The molecular formula is C13H28N2. The van der Waals surface area contributed by atoms with Gasteiger partial charge < -0.3 is 10.2 Å². The third-order valence-electron chi connectivity index (χ3n) is 4.00. The van der Waals surface area contributed by atoms with E-state index in [1.54, 1.807) is 0 Å². The Morgan fingerprint density at radius 3 is 2.53 bits per heavy atom. The van der Waals surface area contributed by atoms with Gasteiger partial charge in [-0.1, -0.05) is 26.7 Å². The number of hydrogen-bond acceptors (Lipinski definition) is 2. The van der Waals surface area contributed by atoms with Crippen LogP contribution in [-0.4, -0.2) is 37.6 Å². The van der Waals surface area contributed by atoms with Crippen LogP contribution in [0.15, 0.2) is 0 Å². The third-order valence-corrected chi connectivity index (χ3v) is 4.00. The minimum Gasteiger partial charge on any atom is -0.312 e. The first-order valence-electron chi connectivity index (χ1n) is 6.58. The minimum atomic E-state index is 0.697. The van der Waals surface area contributed by atoms with Crippen molar-refractivity contribution in [1.82, 2.24) is 10.2 Å². The van der Waals surface area contributed by atoms with Crippen molar-refractivity contribution < 1.29 is 0 Å². The summed E-state index contributed by atoms with van der Waals surface area (Å²) >= 11 is 0. The summed E-state index contributed by atoms with van der Waals surface area (Å²) < 4.78 is 0. The number of nitrogens with one attached hydrogen (secondary N) is 1. The fraction of sp³-hybridized carbons (Fsp3) is 1.00. The second-order valence-corrected chi connectivity index (χ2v) is 5.14. The first-order chi connectivity index (χ1) is 7.19. The second kappa shape index (κ2) is 6.49. The normalized spacial score (nSPS) is 28.6. The van der Waals surface area contributed by atoms with Crippen molar-refractivity contribution >= 4 is 0 Å². The van der Waals surface area contributed by atoms with E-state index >= 15 is 0 Å². The quantitative estimate of drug-likeness (QED) is 0.728. The Labute approximate surface area is 95.4 Å². The van der Waals surface area contributed by atoms with Gasteiger partial charge in [0, 0.05) is 18.6 Å². The van der Waals surface area contributed by atoms with Crippen LogP contribution in [0, 0.1) is 5.92 Å². The van der Waals surface area contributed by atoms with Gasteiger partial charge >= 0.3 is 0 Å². The lowest BCUT2D eigenvalue weighted by Crippen LogP contribution is -2.42. The van der Waals surface area contributed by atoms with Crippen LogP contribution in [0.25, 0.3) is 0 Å². The molecule has 2 heteroatoms. The van der Waals surface area contributed by atoms with E-state index in [0.29, 0.717) is 6.04 Å². The molecular weight excluding hydrogens is 184 g/mol. The molecule has 0 aliphatic heterocycles. The highest BCUT2D eigenvalue weighted by Gasteiger charge is 2.25. The maximum atomic E-state index is 3.77. The summed E-state index contributed by atoms with van der Waals surface area (Å²) in [6.45, 7) is 5.76. The summed E-state index contributed by atoms with van der Waals surface area (Å²) in [6, 6.07) is 1.49. The van der Waals surface area contributed by atoms with Crippen molar-refractivity contribution in [2.75, 3.05) is 20.6 Å². The Balaban J connectivity index is 2.28. The van der Waals surface area contributed by atoms with Gasteiger partial charge in [-0.2, -0.15) is 0 Å². The van der Waals surface area contributed by atoms with Crippen LogP contribution >= 0.6 is 0 Å². The van der Waals surface area contributed by atoms with Gasteiger partial charge in [0.2, 0.25) is 0 Å². The molecule has 1 aliphatic rings. The number of rotatable bonds is 6. The maximum absolute atomic E-state index is 3.77. The molecule has 1 N–H and O–H groups in total. The number of hydrogen-bond donors (Lipinski definition) is 1. The Hall–Kier alpha value is -0.0800. The molecule has 3 unspecified atom stereocenters. The molecule has 0 radical (unpaired) electrons. The molecule has 0 spiro atoms. The molecule has 2 nitrogen and oxygen atoms in total. The monoisotopic (exact) mass is 212 g/mol. The molecule has 1 aliphatic carbocycles. The van der Waals surface area contributed by atoms with E-state index in [1.165, 1.54) is 32.1 Å². The molecule has 90 valence electrons. The van der Waals surface area contributed by atoms with Crippen LogP contribution in [0.2, 0.25) is 0 Å². The van der Waals surface area contributed by atoms with E-state index in [-0.39, 0.29) is 0 Å². The van der Waals surface area contributed by atoms with E-state index in [0.717, 1.165) is 18.5 Å².